The molecule has 1 fully saturated rings. The summed E-state index contributed by atoms with van der Waals surface area (Å²) >= 11 is 0. The van der Waals surface area contributed by atoms with Crippen LogP contribution in [0.3, 0.4) is 0 Å². The molecule has 7 nitrogen and oxygen atoms in total. The van der Waals surface area contributed by atoms with Crippen LogP contribution in [0.5, 0.6) is 5.75 Å². The number of ether oxygens (including phenoxy) is 1. The average molecular weight is 287 g/mol. The van der Waals surface area contributed by atoms with Crippen molar-refractivity contribution in [1.82, 2.24) is 15.2 Å². The second-order valence-corrected chi connectivity index (χ2v) is 5.05. The largest absolute Gasteiger partial charge is 0.490 e. The highest BCUT2D eigenvalue weighted by Gasteiger charge is 2.16. The van der Waals surface area contributed by atoms with Crippen molar-refractivity contribution >= 4 is 17.5 Å². The highest BCUT2D eigenvalue weighted by atomic mass is 16.5. The minimum Gasteiger partial charge on any atom is -0.490 e. The van der Waals surface area contributed by atoms with Gasteiger partial charge in [-0.3, -0.25) is 9.89 Å². The predicted molar refractivity (Wildman–Crippen MR) is 78.1 cm³/mol. The summed E-state index contributed by atoms with van der Waals surface area (Å²) in [5, 5.41) is 8.78. The third-order valence-electron chi connectivity index (χ3n) is 3.43. The lowest BCUT2D eigenvalue weighted by Gasteiger charge is -2.13. The molecule has 1 aromatic heterocycles. The predicted octanol–water partition coefficient (Wildman–Crippen LogP) is 1.96. The van der Waals surface area contributed by atoms with Gasteiger partial charge in [-0.15, -0.1) is 5.10 Å². The minimum absolute atomic E-state index is 0.0421. The molecule has 0 saturated heterocycles. The quantitative estimate of drug-likeness (QED) is 0.797. The van der Waals surface area contributed by atoms with Crippen LogP contribution >= 0.6 is 0 Å². The summed E-state index contributed by atoms with van der Waals surface area (Å²) in [6.07, 6.45) is 5.03. The number of hydrogen-bond donors (Lipinski definition) is 3. The Morgan fingerprint density at radius 2 is 2.00 bits per heavy atom. The van der Waals surface area contributed by atoms with Gasteiger partial charge in [0.1, 0.15) is 5.75 Å². The van der Waals surface area contributed by atoms with E-state index in [0.29, 0.717) is 11.8 Å². The van der Waals surface area contributed by atoms with Gasteiger partial charge >= 0.3 is 0 Å². The Bertz CT molecular complexity index is 617. The summed E-state index contributed by atoms with van der Waals surface area (Å²) < 4.78 is 5.87. The zero-order valence-corrected chi connectivity index (χ0v) is 11.5. The van der Waals surface area contributed by atoms with Crippen LogP contribution in [0.2, 0.25) is 0 Å². The normalized spacial score (nSPS) is 15.0. The van der Waals surface area contributed by atoms with E-state index in [1.807, 2.05) is 12.1 Å². The number of rotatable bonds is 4. The molecule has 0 aliphatic heterocycles. The number of H-pyrrole nitrogens is 1. The highest BCUT2D eigenvalue weighted by molar-refractivity contribution is 6.01. The van der Waals surface area contributed by atoms with E-state index in [0.717, 1.165) is 18.6 Å². The molecule has 0 spiro atoms. The Kier molecular flexibility index (Phi) is 3.72. The third kappa shape index (κ3) is 3.31. The number of aromatic amines is 1. The summed E-state index contributed by atoms with van der Waals surface area (Å²) in [6, 6.07) is 7.29. The molecular formula is C14H17N5O2. The van der Waals surface area contributed by atoms with E-state index in [1.54, 1.807) is 12.1 Å². The highest BCUT2D eigenvalue weighted by Crippen LogP contribution is 2.25. The molecule has 7 heteroatoms. The van der Waals surface area contributed by atoms with E-state index in [2.05, 4.69) is 20.5 Å². The molecule has 4 N–H and O–H groups in total. The first kappa shape index (κ1) is 13.4. The maximum Gasteiger partial charge on any atom is 0.293 e. The number of nitrogens with zero attached hydrogens (tertiary/aromatic N) is 2. The summed E-state index contributed by atoms with van der Waals surface area (Å²) in [6.45, 7) is 0. The van der Waals surface area contributed by atoms with E-state index in [1.165, 1.54) is 12.8 Å². The lowest BCUT2D eigenvalue weighted by molar-refractivity contribution is 0.101. The van der Waals surface area contributed by atoms with Crippen LogP contribution in [0.25, 0.3) is 0 Å². The summed E-state index contributed by atoms with van der Waals surface area (Å²) in [5.41, 5.74) is 6.02. The van der Waals surface area contributed by atoms with Gasteiger partial charge in [-0.05, 0) is 49.9 Å². The van der Waals surface area contributed by atoms with Crippen LogP contribution in [0, 0.1) is 0 Å². The molecule has 0 atom stereocenters. The van der Waals surface area contributed by atoms with Gasteiger partial charge in [0, 0.05) is 5.69 Å². The van der Waals surface area contributed by atoms with Gasteiger partial charge < -0.3 is 15.8 Å². The third-order valence-corrected chi connectivity index (χ3v) is 3.43. The first-order valence-corrected chi connectivity index (χ1v) is 6.96. The number of anilines is 2. The molecule has 1 aliphatic carbocycles. The molecule has 3 rings (SSSR count). The fourth-order valence-corrected chi connectivity index (χ4v) is 2.38. The molecule has 0 unspecified atom stereocenters. The lowest BCUT2D eigenvalue weighted by atomic mass is 10.2. The molecular weight excluding hydrogens is 270 g/mol. The van der Waals surface area contributed by atoms with Gasteiger partial charge in [0.2, 0.25) is 11.8 Å². The number of nitrogen functional groups attached to an aromatic ring is 1. The molecule has 1 amide bonds. The Labute approximate surface area is 121 Å². The van der Waals surface area contributed by atoms with E-state index < -0.39 is 0 Å². The Morgan fingerprint density at radius 1 is 1.29 bits per heavy atom. The van der Waals surface area contributed by atoms with E-state index in [-0.39, 0.29) is 17.7 Å². The maximum atomic E-state index is 11.9. The van der Waals surface area contributed by atoms with Crippen LogP contribution in [0.15, 0.2) is 24.3 Å². The summed E-state index contributed by atoms with van der Waals surface area (Å²) in [5.74, 6) is 0.562. The van der Waals surface area contributed by atoms with Crippen molar-refractivity contribution in [2.24, 2.45) is 0 Å². The van der Waals surface area contributed by atoms with Gasteiger partial charge in [0.15, 0.2) is 0 Å². The first-order valence-electron chi connectivity index (χ1n) is 6.96. The number of amides is 1. The smallest absolute Gasteiger partial charge is 0.293 e. The number of aromatic nitrogens is 3. The fourth-order valence-electron chi connectivity index (χ4n) is 2.38. The van der Waals surface area contributed by atoms with Gasteiger partial charge in [-0.1, -0.05) is 0 Å². The van der Waals surface area contributed by atoms with Crippen LogP contribution in [-0.4, -0.2) is 27.2 Å². The topological polar surface area (TPSA) is 106 Å². The number of benzene rings is 1. The van der Waals surface area contributed by atoms with Gasteiger partial charge in [0.25, 0.3) is 5.91 Å². The van der Waals surface area contributed by atoms with Crippen LogP contribution < -0.4 is 15.8 Å². The number of nitrogens with one attached hydrogen (secondary N) is 2. The lowest BCUT2D eigenvalue weighted by Crippen LogP contribution is -2.14. The number of carbonyl (C=O) groups excluding carboxylic acids is 1. The van der Waals surface area contributed by atoms with Crippen molar-refractivity contribution in [2.45, 2.75) is 31.8 Å². The average Bonchev–Trinajstić information content (AvgIpc) is 3.12. The van der Waals surface area contributed by atoms with Crippen molar-refractivity contribution in [3.63, 3.8) is 0 Å². The minimum atomic E-state index is -0.385. The van der Waals surface area contributed by atoms with Gasteiger partial charge in [-0.25, -0.2) is 0 Å². The second kappa shape index (κ2) is 5.82. The monoisotopic (exact) mass is 287 g/mol. The molecule has 1 saturated carbocycles. The number of nitrogens with two attached hydrogens (primary N) is 1. The van der Waals surface area contributed by atoms with Crippen molar-refractivity contribution in [3.8, 4) is 5.75 Å². The number of hydrogen-bond acceptors (Lipinski definition) is 5. The van der Waals surface area contributed by atoms with Crippen molar-refractivity contribution in [1.29, 1.82) is 0 Å². The van der Waals surface area contributed by atoms with Crippen molar-refractivity contribution < 1.29 is 9.53 Å². The molecule has 0 radical (unpaired) electrons. The van der Waals surface area contributed by atoms with Gasteiger partial charge in [0.05, 0.1) is 6.10 Å². The molecule has 1 heterocycles. The van der Waals surface area contributed by atoms with Crippen LogP contribution in [-0.2, 0) is 0 Å². The second-order valence-electron chi connectivity index (χ2n) is 5.05. The molecule has 21 heavy (non-hydrogen) atoms. The van der Waals surface area contributed by atoms with Crippen LogP contribution in [0.4, 0.5) is 11.6 Å². The van der Waals surface area contributed by atoms with E-state index >= 15 is 0 Å². The SMILES string of the molecule is Nc1n[nH]c(C(=O)Nc2ccc(OC3CCCC3)cc2)n1. The maximum absolute atomic E-state index is 11.9. The first-order chi connectivity index (χ1) is 10.2. The molecule has 1 aromatic carbocycles. The molecule has 1 aliphatic rings. The Balaban J connectivity index is 1.60. The van der Waals surface area contributed by atoms with Crippen LogP contribution in [0.1, 0.15) is 36.3 Å². The molecule has 2 aromatic rings. The molecule has 0 bridgehead atoms. The zero-order chi connectivity index (χ0) is 14.7. The fraction of sp³-hybridized carbons (Fsp3) is 0.357. The zero-order valence-electron chi connectivity index (χ0n) is 11.5. The van der Waals surface area contributed by atoms with E-state index in [9.17, 15) is 4.79 Å². The Morgan fingerprint density at radius 3 is 2.62 bits per heavy atom. The van der Waals surface area contributed by atoms with Crippen molar-refractivity contribution in [2.75, 3.05) is 11.1 Å². The standard InChI is InChI=1S/C14H17N5O2/c15-14-17-12(18-19-14)13(20)16-9-5-7-11(8-6-9)21-10-3-1-2-4-10/h5-8,10H,1-4H2,(H,16,20)(H3,15,17,18,19). The molecule has 110 valence electrons. The summed E-state index contributed by atoms with van der Waals surface area (Å²) in [4.78, 5) is 15.6. The Hall–Kier alpha value is -2.57. The number of carbonyl (C=O) groups is 1. The van der Waals surface area contributed by atoms with Crippen molar-refractivity contribution in [3.05, 3.63) is 30.1 Å². The summed E-state index contributed by atoms with van der Waals surface area (Å²) in [7, 11) is 0. The van der Waals surface area contributed by atoms with Gasteiger partial charge in [-0.2, -0.15) is 4.98 Å². The van der Waals surface area contributed by atoms with E-state index in [4.69, 9.17) is 10.5 Å².